The molecule has 0 aliphatic carbocycles. The number of aliphatic hydroxyl groups is 1. The third kappa shape index (κ3) is 9.36. The maximum Gasteiger partial charge on any atom is 0.305 e. The number of carbonyl (C=O) groups excluding carboxylic acids is 1. The summed E-state index contributed by atoms with van der Waals surface area (Å²) in [6.07, 6.45) is 4.88. The molecule has 1 unspecified atom stereocenters. The molecule has 0 bridgehead atoms. The van der Waals surface area contributed by atoms with E-state index in [9.17, 15) is 9.90 Å². The van der Waals surface area contributed by atoms with Gasteiger partial charge in [-0.15, -0.1) is 0 Å². The lowest BCUT2D eigenvalue weighted by Gasteiger charge is -2.32. The molecule has 0 saturated carbocycles. The van der Waals surface area contributed by atoms with Gasteiger partial charge in [-0.1, -0.05) is 64.4 Å². The molecule has 1 aliphatic heterocycles. The van der Waals surface area contributed by atoms with E-state index >= 15 is 0 Å². The molecule has 6 nitrogen and oxygen atoms in total. The molecule has 4 rings (SSSR count). The number of hydrogen-bond donors (Lipinski definition) is 1. The van der Waals surface area contributed by atoms with Gasteiger partial charge in [-0.25, -0.2) is 0 Å². The third-order valence-corrected chi connectivity index (χ3v) is 11.6. The van der Waals surface area contributed by atoms with Crippen LogP contribution in [0.5, 0.6) is 5.75 Å². The minimum Gasteiger partial charge on any atom is -0.490 e. The Hall–Kier alpha value is -2.81. The van der Waals surface area contributed by atoms with E-state index in [0.717, 1.165) is 72.3 Å². The molecule has 0 amide bonds. The standard InChI is InChI=1S/C37H50N2O4S2/c1-5-38(6-2)32-19-13-29(14-20-32)37(41,30-15-21-33(22-16-30)39(7-3)8-4)31-17-23-34(24-18-31)42-26-27-43-36(40)12-10-9-11-35-25-28-44-45-35/h13-24,35,41H,5-12,25-28H2,1-4H3. The fraction of sp³-hybridized carbons (Fsp3) is 0.486. The highest BCUT2D eigenvalue weighted by atomic mass is 33.1. The third-order valence-electron chi connectivity index (χ3n) is 8.60. The van der Waals surface area contributed by atoms with Gasteiger partial charge in [0.05, 0.1) is 0 Å². The van der Waals surface area contributed by atoms with Gasteiger partial charge in [-0.2, -0.15) is 0 Å². The summed E-state index contributed by atoms with van der Waals surface area (Å²) in [6.45, 7) is 12.8. The molecular weight excluding hydrogens is 601 g/mol. The minimum absolute atomic E-state index is 0.161. The predicted octanol–water partition coefficient (Wildman–Crippen LogP) is 8.30. The second-order valence-corrected chi connectivity index (χ2v) is 14.1. The second kappa shape index (κ2) is 17.8. The summed E-state index contributed by atoms with van der Waals surface area (Å²) in [7, 11) is 3.95. The Balaban J connectivity index is 1.41. The van der Waals surface area contributed by atoms with Gasteiger partial charge in [0.1, 0.15) is 24.6 Å². The topological polar surface area (TPSA) is 62.2 Å². The summed E-state index contributed by atoms with van der Waals surface area (Å²) in [5.41, 5.74) is 3.27. The Kier molecular flexibility index (Phi) is 13.8. The van der Waals surface area contributed by atoms with E-state index in [0.29, 0.717) is 12.2 Å². The van der Waals surface area contributed by atoms with E-state index in [2.05, 4.69) is 61.8 Å². The van der Waals surface area contributed by atoms with E-state index < -0.39 is 5.60 Å². The normalized spacial score (nSPS) is 14.7. The average molecular weight is 651 g/mol. The molecule has 0 radical (unpaired) electrons. The van der Waals surface area contributed by atoms with E-state index in [1.807, 2.05) is 70.1 Å². The number of hydrogen-bond acceptors (Lipinski definition) is 8. The summed E-state index contributed by atoms with van der Waals surface area (Å²) >= 11 is 0. The molecule has 8 heteroatoms. The van der Waals surface area contributed by atoms with Crippen LogP contribution in [-0.2, 0) is 15.1 Å². The van der Waals surface area contributed by atoms with Crippen molar-refractivity contribution < 1.29 is 19.4 Å². The van der Waals surface area contributed by atoms with E-state index in [4.69, 9.17) is 9.47 Å². The van der Waals surface area contributed by atoms with Crippen LogP contribution in [0.3, 0.4) is 0 Å². The average Bonchev–Trinajstić information content (AvgIpc) is 3.60. The summed E-state index contributed by atoms with van der Waals surface area (Å²) in [4.78, 5) is 16.7. The summed E-state index contributed by atoms with van der Waals surface area (Å²) in [6, 6.07) is 24.0. The first-order valence-corrected chi connectivity index (χ1v) is 18.9. The summed E-state index contributed by atoms with van der Waals surface area (Å²) in [5, 5.41) is 13.2. The fourth-order valence-electron chi connectivity index (χ4n) is 5.89. The van der Waals surface area contributed by atoms with Gasteiger partial charge in [0.25, 0.3) is 0 Å². The van der Waals surface area contributed by atoms with E-state index in [1.54, 1.807) is 0 Å². The second-order valence-electron chi connectivity index (χ2n) is 11.3. The monoisotopic (exact) mass is 650 g/mol. The van der Waals surface area contributed by atoms with Gasteiger partial charge >= 0.3 is 5.97 Å². The Morgan fingerprint density at radius 1 is 0.778 bits per heavy atom. The van der Waals surface area contributed by atoms with Crippen molar-refractivity contribution in [3.8, 4) is 5.75 Å². The van der Waals surface area contributed by atoms with Gasteiger partial charge in [0.15, 0.2) is 0 Å². The van der Waals surface area contributed by atoms with Crippen molar-refractivity contribution in [3.05, 3.63) is 89.5 Å². The smallest absolute Gasteiger partial charge is 0.305 e. The van der Waals surface area contributed by atoms with Crippen molar-refractivity contribution >= 4 is 38.9 Å². The van der Waals surface area contributed by atoms with Crippen LogP contribution in [0.1, 0.15) is 76.5 Å². The van der Waals surface area contributed by atoms with Crippen LogP contribution < -0.4 is 14.5 Å². The zero-order valence-corrected chi connectivity index (χ0v) is 29.0. The van der Waals surface area contributed by atoms with Crippen LogP contribution in [0.15, 0.2) is 72.8 Å². The molecule has 1 fully saturated rings. The van der Waals surface area contributed by atoms with Crippen LogP contribution >= 0.6 is 21.6 Å². The number of esters is 1. The van der Waals surface area contributed by atoms with Crippen LogP contribution in [0.4, 0.5) is 11.4 Å². The first kappa shape index (κ1) is 35.1. The van der Waals surface area contributed by atoms with E-state index in [-0.39, 0.29) is 19.2 Å². The van der Waals surface area contributed by atoms with Crippen molar-refractivity contribution in [2.75, 3.05) is 54.9 Å². The Morgan fingerprint density at radius 2 is 1.29 bits per heavy atom. The molecule has 3 aromatic carbocycles. The molecule has 1 atom stereocenters. The van der Waals surface area contributed by atoms with Gasteiger partial charge in [-0.05, 0) is 100 Å². The molecule has 1 heterocycles. The first-order chi connectivity index (χ1) is 21.9. The molecular formula is C37H50N2O4S2. The molecule has 3 aromatic rings. The maximum atomic E-state index is 12.5. The van der Waals surface area contributed by atoms with Gasteiger partial charge in [0, 0.05) is 55.0 Å². The number of rotatable bonds is 18. The zero-order valence-electron chi connectivity index (χ0n) is 27.4. The predicted molar refractivity (Wildman–Crippen MR) is 192 cm³/mol. The quantitative estimate of drug-likeness (QED) is 0.0639. The van der Waals surface area contributed by atoms with E-state index in [1.165, 1.54) is 18.6 Å². The molecule has 244 valence electrons. The molecule has 0 aromatic heterocycles. The largest absolute Gasteiger partial charge is 0.490 e. The lowest BCUT2D eigenvalue weighted by Crippen LogP contribution is -2.29. The number of benzene rings is 3. The lowest BCUT2D eigenvalue weighted by molar-refractivity contribution is -0.144. The molecule has 0 spiro atoms. The van der Waals surface area contributed by atoms with Crippen molar-refractivity contribution in [3.63, 3.8) is 0 Å². The number of unbranched alkanes of at least 4 members (excludes halogenated alkanes) is 1. The molecule has 45 heavy (non-hydrogen) atoms. The van der Waals surface area contributed by atoms with Crippen LogP contribution in [0.2, 0.25) is 0 Å². The number of anilines is 2. The minimum atomic E-state index is -1.35. The zero-order chi connectivity index (χ0) is 32.1. The van der Waals surface area contributed by atoms with Gasteiger partial charge in [-0.3, -0.25) is 4.79 Å². The van der Waals surface area contributed by atoms with Crippen molar-refractivity contribution in [2.45, 2.75) is 70.7 Å². The van der Waals surface area contributed by atoms with Crippen LogP contribution in [0, 0.1) is 0 Å². The molecule has 1 saturated heterocycles. The SMILES string of the molecule is CCN(CC)c1ccc(C(O)(c2ccc(OCCOC(=O)CCCCC3CCSS3)cc2)c2ccc(N(CC)CC)cc2)cc1. The fourth-order valence-corrected chi connectivity index (χ4v) is 8.92. The maximum absolute atomic E-state index is 12.5. The highest BCUT2D eigenvalue weighted by Gasteiger charge is 2.34. The van der Waals surface area contributed by atoms with Gasteiger partial charge in [0.2, 0.25) is 0 Å². The molecule has 1 N–H and O–H groups in total. The summed E-state index contributed by atoms with van der Waals surface area (Å²) < 4.78 is 11.3. The highest BCUT2D eigenvalue weighted by Crippen LogP contribution is 2.40. The lowest BCUT2D eigenvalue weighted by atomic mass is 9.80. The Morgan fingerprint density at radius 3 is 1.76 bits per heavy atom. The first-order valence-electron chi connectivity index (χ1n) is 16.5. The number of ether oxygens (including phenoxy) is 2. The van der Waals surface area contributed by atoms with Crippen molar-refractivity contribution in [1.29, 1.82) is 0 Å². The van der Waals surface area contributed by atoms with Crippen LogP contribution in [-0.4, -0.2) is 61.5 Å². The highest BCUT2D eigenvalue weighted by molar-refractivity contribution is 8.77. The molecule has 1 aliphatic rings. The summed E-state index contributed by atoms with van der Waals surface area (Å²) in [5.74, 6) is 1.75. The Labute approximate surface area is 278 Å². The Bertz CT molecular complexity index is 1230. The van der Waals surface area contributed by atoms with Crippen molar-refractivity contribution in [2.24, 2.45) is 0 Å². The number of carbonyl (C=O) groups is 1. The van der Waals surface area contributed by atoms with Crippen LogP contribution in [0.25, 0.3) is 0 Å². The van der Waals surface area contributed by atoms with Gasteiger partial charge < -0.3 is 24.4 Å². The van der Waals surface area contributed by atoms with Crippen molar-refractivity contribution in [1.82, 2.24) is 0 Å². The number of nitrogens with zero attached hydrogens (tertiary/aromatic N) is 2.